The molecule has 2 aliphatic rings. The highest BCUT2D eigenvalue weighted by molar-refractivity contribution is 5.89. The van der Waals surface area contributed by atoms with E-state index < -0.39 is 0 Å². The number of carbonyl (C=O) groups excluding carboxylic acids is 1. The summed E-state index contributed by atoms with van der Waals surface area (Å²) in [4.78, 5) is 12.0. The summed E-state index contributed by atoms with van der Waals surface area (Å²) in [7, 11) is 0. The van der Waals surface area contributed by atoms with E-state index in [9.17, 15) is 4.79 Å². The third-order valence-corrected chi connectivity index (χ3v) is 5.14. The molecule has 3 nitrogen and oxygen atoms in total. The molecule has 0 radical (unpaired) electrons. The summed E-state index contributed by atoms with van der Waals surface area (Å²) in [6.45, 7) is 3.03. The van der Waals surface area contributed by atoms with Gasteiger partial charge in [-0.2, -0.15) is 0 Å². The van der Waals surface area contributed by atoms with Crippen LogP contribution in [0.5, 0.6) is 0 Å². The van der Waals surface area contributed by atoms with Crippen LogP contribution in [0.2, 0.25) is 0 Å². The minimum Gasteiger partial charge on any atom is -0.337 e. The second-order valence-corrected chi connectivity index (χ2v) is 6.35. The summed E-state index contributed by atoms with van der Waals surface area (Å²) < 4.78 is 0. The fourth-order valence-electron chi connectivity index (χ4n) is 3.42. The number of hydrogen-bond acceptors (Lipinski definition) is 1. The number of amides is 2. The van der Waals surface area contributed by atoms with Crippen molar-refractivity contribution in [3.63, 3.8) is 0 Å². The zero-order chi connectivity index (χ0) is 14.0. The molecule has 0 unspecified atom stereocenters. The first-order chi connectivity index (χ1) is 9.71. The van der Waals surface area contributed by atoms with Crippen LogP contribution in [0.25, 0.3) is 0 Å². The first kappa shape index (κ1) is 13.5. The average Bonchev–Trinajstić information content (AvgIpc) is 2.85. The molecule has 3 rings (SSSR count). The van der Waals surface area contributed by atoms with Crippen LogP contribution in [0, 0.1) is 5.41 Å². The molecule has 0 heterocycles. The molecule has 0 aliphatic heterocycles. The topological polar surface area (TPSA) is 41.1 Å². The van der Waals surface area contributed by atoms with Gasteiger partial charge in [-0.25, -0.2) is 4.79 Å². The summed E-state index contributed by atoms with van der Waals surface area (Å²) in [5, 5.41) is 6.01. The molecule has 3 heteroatoms. The Bertz CT molecular complexity index is 500. The molecule has 0 atom stereocenters. The number of aryl methyl sites for hydroxylation is 2. The fourth-order valence-corrected chi connectivity index (χ4v) is 3.42. The maximum atomic E-state index is 12.0. The van der Waals surface area contributed by atoms with Crippen molar-refractivity contribution in [1.29, 1.82) is 0 Å². The minimum absolute atomic E-state index is 0.0670. The van der Waals surface area contributed by atoms with Gasteiger partial charge in [0.15, 0.2) is 0 Å². The molecule has 0 aromatic heterocycles. The summed E-state index contributed by atoms with van der Waals surface area (Å²) in [5.41, 5.74) is 4.12. The normalized spacial score (nSPS) is 19.1. The maximum absolute atomic E-state index is 12.0. The molecule has 1 fully saturated rings. The number of urea groups is 1. The number of nitrogens with one attached hydrogen (secondary N) is 2. The number of hydrogen-bond donors (Lipinski definition) is 2. The molecule has 108 valence electrons. The molecule has 0 spiro atoms. The van der Waals surface area contributed by atoms with Gasteiger partial charge in [0, 0.05) is 12.2 Å². The van der Waals surface area contributed by atoms with Crippen LogP contribution < -0.4 is 10.6 Å². The lowest BCUT2D eigenvalue weighted by Crippen LogP contribution is -2.43. The first-order valence-corrected chi connectivity index (χ1v) is 7.87. The molecule has 0 bridgehead atoms. The molecule has 1 aromatic carbocycles. The van der Waals surface area contributed by atoms with Crippen molar-refractivity contribution >= 4 is 11.7 Å². The Hall–Kier alpha value is -1.51. The van der Waals surface area contributed by atoms with Gasteiger partial charge in [0.1, 0.15) is 0 Å². The molecule has 1 aromatic rings. The zero-order valence-corrected chi connectivity index (χ0v) is 12.3. The standard InChI is InChI=1S/C17H24N2O/c1-2-17(9-4-10-17)12-18-16(20)19-15-8-7-13-5-3-6-14(13)11-15/h7-8,11H,2-6,9-10,12H2,1H3,(H2,18,19,20). The fraction of sp³-hybridized carbons (Fsp3) is 0.588. The van der Waals surface area contributed by atoms with Crippen LogP contribution in [0.1, 0.15) is 50.2 Å². The number of benzene rings is 1. The van der Waals surface area contributed by atoms with Crippen molar-refractivity contribution in [3.05, 3.63) is 29.3 Å². The monoisotopic (exact) mass is 272 g/mol. The quantitative estimate of drug-likeness (QED) is 0.858. The van der Waals surface area contributed by atoms with Gasteiger partial charge in [0.2, 0.25) is 0 Å². The van der Waals surface area contributed by atoms with Crippen LogP contribution in [-0.2, 0) is 12.8 Å². The van der Waals surface area contributed by atoms with E-state index >= 15 is 0 Å². The highest BCUT2D eigenvalue weighted by atomic mass is 16.2. The number of rotatable bonds is 4. The van der Waals surface area contributed by atoms with E-state index in [1.165, 1.54) is 43.2 Å². The van der Waals surface area contributed by atoms with Crippen molar-refractivity contribution in [2.24, 2.45) is 5.41 Å². The van der Waals surface area contributed by atoms with Gasteiger partial charge in [-0.05, 0) is 67.2 Å². The highest BCUT2D eigenvalue weighted by Gasteiger charge is 2.35. The van der Waals surface area contributed by atoms with Crippen LogP contribution >= 0.6 is 0 Å². The van der Waals surface area contributed by atoms with E-state index in [-0.39, 0.29) is 6.03 Å². The largest absolute Gasteiger partial charge is 0.337 e. The van der Waals surface area contributed by atoms with Gasteiger partial charge in [0.05, 0.1) is 0 Å². The Morgan fingerprint density at radius 1 is 1.20 bits per heavy atom. The summed E-state index contributed by atoms with van der Waals surface area (Å²) in [6.07, 6.45) is 8.54. The molecule has 1 saturated carbocycles. The number of anilines is 1. The van der Waals surface area contributed by atoms with Crippen molar-refractivity contribution in [3.8, 4) is 0 Å². The Labute approximate surface area is 121 Å². The molecule has 2 N–H and O–H groups in total. The second kappa shape index (κ2) is 5.47. The van der Waals surface area contributed by atoms with E-state index in [4.69, 9.17) is 0 Å². The maximum Gasteiger partial charge on any atom is 0.319 e. The molecule has 20 heavy (non-hydrogen) atoms. The molecule has 2 aliphatic carbocycles. The van der Waals surface area contributed by atoms with E-state index in [1.54, 1.807) is 0 Å². The summed E-state index contributed by atoms with van der Waals surface area (Å²) >= 11 is 0. The van der Waals surface area contributed by atoms with E-state index in [2.05, 4.69) is 29.7 Å². The Morgan fingerprint density at radius 3 is 2.70 bits per heavy atom. The zero-order valence-electron chi connectivity index (χ0n) is 12.3. The van der Waals surface area contributed by atoms with Crippen LogP contribution in [0.15, 0.2) is 18.2 Å². The third-order valence-electron chi connectivity index (χ3n) is 5.14. The van der Waals surface area contributed by atoms with Crippen LogP contribution in [-0.4, -0.2) is 12.6 Å². The van der Waals surface area contributed by atoms with Crippen molar-refractivity contribution in [2.75, 3.05) is 11.9 Å². The smallest absolute Gasteiger partial charge is 0.319 e. The third kappa shape index (κ3) is 2.67. The highest BCUT2D eigenvalue weighted by Crippen LogP contribution is 2.43. The average molecular weight is 272 g/mol. The van der Waals surface area contributed by atoms with Gasteiger partial charge in [0.25, 0.3) is 0 Å². The first-order valence-electron chi connectivity index (χ1n) is 7.87. The molecule has 0 saturated heterocycles. The summed E-state index contributed by atoms with van der Waals surface area (Å²) in [5.74, 6) is 0. The lowest BCUT2D eigenvalue weighted by Gasteiger charge is -2.41. The second-order valence-electron chi connectivity index (χ2n) is 6.35. The van der Waals surface area contributed by atoms with Crippen LogP contribution in [0.3, 0.4) is 0 Å². The van der Waals surface area contributed by atoms with Gasteiger partial charge < -0.3 is 10.6 Å². The van der Waals surface area contributed by atoms with Crippen molar-refractivity contribution in [1.82, 2.24) is 5.32 Å². The predicted molar refractivity (Wildman–Crippen MR) is 82.1 cm³/mol. The van der Waals surface area contributed by atoms with E-state index in [0.717, 1.165) is 25.1 Å². The van der Waals surface area contributed by atoms with Gasteiger partial charge in [-0.3, -0.25) is 0 Å². The van der Waals surface area contributed by atoms with Gasteiger partial charge in [-0.15, -0.1) is 0 Å². The molecular weight excluding hydrogens is 248 g/mol. The molecule has 2 amide bonds. The van der Waals surface area contributed by atoms with Crippen LogP contribution in [0.4, 0.5) is 10.5 Å². The SMILES string of the molecule is CCC1(CNC(=O)Nc2ccc3c(c2)CCC3)CCC1. The summed E-state index contributed by atoms with van der Waals surface area (Å²) in [6, 6.07) is 6.23. The number of carbonyl (C=O) groups is 1. The Morgan fingerprint density at radius 2 is 2.00 bits per heavy atom. The van der Waals surface area contributed by atoms with E-state index in [0.29, 0.717) is 5.41 Å². The van der Waals surface area contributed by atoms with Gasteiger partial charge >= 0.3 is 6.03 Å². The predicted octanol–water partition coefficient (Wildman–Crippen LogP) is 3.88. The Kier molecular flexibility index (Phi) is 3.68. The number of fused-ring (bicyclic) bond motifs is 1. The Balaban J connectivity index is 1.54. The minimum atomic E-state index is -0.0670. The lowest BCUT2D eigenvalue weighted by molar-refractivity contribution is 0.127. The van der Waals surface area contributed by atoms with Crippen molar-refractivity contribution < 1.29 is 4.79 Å². The van der Waals surface area contributed by atoms with E-state index in [1.807, 2.05) is 6.07 Å². The lowest BCUT2D eigenvalue weighted by atomic mass is 9.67. The molecular formula is C17H24N2O. The van der Waals surface area contributed by atoms with Gasteiger partial charge in [-0.1, -0.05) is 19.4 Å². The van der Waals surface area contributed by atoms with Crippen molar-refractivity contribution in [2.45, 2.75) is 51.9 Å².